The molecule has 0 aliphatic heterocycles. The van der Waals surface area contributed by atoms with Gasteiger partial charge in [-0.1, -0.05) is 13.8 Å². The first-order chi connectivity index (χ1) is 8.78. The molecule has 0 spiro atoms. The number of nitrogens with zero attached hydrogens (tertiary/aromatic N) is 3. The van der Waals surface area contributed by atoms with Gasteiger partial charge in [0.2, 0.25) is 0 Å². The van der Waals surface area contributed by atoms with E-state index < -0.39 is 5.60 Å². The van der Waals surface area contributed by atoms with Gasteiger partial charge in [0.25, 0.3) is 0 Å². The third kappa shape index (κ3) is 2.60. The van der Waals surface area contributed by atoms with Crippen molar-refractivity contribution in [2.75, 3.05) is 20.6 Å². The van der Waals surface area contributed by atoms with E-state index in [0.717, 1.165) is 42.5 Å². The molecule has 19 heavy (non-hydrogen) atoms. The zero-order valence-corrected chi connectivity index (χ0v) is 13.9. The Balaban J connectivity index is 2.36. The van der Waals surface area contributed by atoms with E-state index >= 15 is 0 Å². The van der Waals surface area contributed by atoms with Crippen LogP contribution in [0.2, 0.25) is 0 Å². The third-order valence-electron chi connectivity index (χ3n) is 4.41. The number of hydrogen-bond donors (Lipinski definition) is 1. The Kier molecular flexibility index (Phi) is 4.10. The van der Waals surface area contributed by atoms with Crippen LogP contribution in [0.25, 0.3) is 0 Å². The second-order valence-electron chi connectivity index (χ2n) is 6.47. The Hall–Kier alpha value is -0.390. The van der Waals surface area contributed by atoms with Gasteiger partial charge in [0.1, 0.15) is 5.60 Å². The molecule has 1 aromatic heterocycles. The molecule has 1 atom stereocenters. The summed E-state index contributed by atoms with van der Waals surface area (Å²) in [5.74, 6) is 0. The van der Waals surface area contributed by atoms with Crippen LogP contribution in [0, 0.1) is 5.41 Å². The SMILES string of the molecule is CN(C)CCn1ncc(Br)c1C1(O)CCCC1(C)C. The number of halogens is 1. The Morgan fingerprint density at radius 1 is 1.42 bits per heavy atom. The van der Waals surface area contributed by atoms with E-state index in [-0.39, 0.29) is 5.41 Å². The summed E-state index contributed by atoms with van der Waals surface area (Å²) in [7, 11) is 4.10. The van der Waals surface area contributed by atoms with E-state index in [1.807, 2.05) is 18.8 Å². The Bertz CT molecular complexity index is 456. The third-order valence-corrected chi connectivity index (χ3v) is 4.99. The highest BCUT2D eigenvalue weighted by molar-refractivity contribution is 9.10. The van der Waals surface area contributed by atoms with Gasteiger partial charge in [-0.15, -0.1) is 0 Å². The fourth-order valence-corrected chi connectivity index (χ4v) is 3.63. The minimum atomic E-state index is -0.783. The summed E-state index contributed by atoms with van der Waals surface area (Å²) in [5.41, 5.74) is 0.0527. The molecule has 0 radical (unpaired) electrons. The van der Waals surface area contributed by atoms with Crippen molar-refractivity contribution < 1.29 is 5.11 Å². The molecular weight excluding hydrogens is 306 g/mol. The van der Waals surface area contributed by atoms with Crippen LogP contribution in [0.1, 0.15) is 38.8 Å². The summed E-state index contributed by atoms with van der Waals surface area (Å²) >= 11 is 3.56. The molecule has 1 aromatic rings. The molecule has 1 aliphatic rings. The first-order valence-corrected chi connectivity index (χ1v) is 7.66. The van der Waals surface area contributed by atoms with Crippen LogP contribution in [-0.4, -0.2) is 40.4 Å². The average molecular weight is 330 g/mol. The van der Waals surface area contributed by atoms with Crippen molar-refractivity contribution in [3.8, 4) is 0 Å². The van der Waals surface area contributed by atoms with Gasteiger partial charge >= 0.3 is 0 Å². The molecule has 1 heterocycles. The summed E-state index contributed by atoms with van der Waals surface area (Å²) in [4.78, 5) is 2.13. The Morgan fingerprint density at radius 2 is 2.11 bits per heavy atom. The summed E-state index contributed by atoms with van der Waals surface area (Å²) in [6, 6.07) is 0. The topological polar surface area (TPSA) is 41.3 Å². The highest BCUT2D eigenvalue weighted by Gasteiger charge is 2.51. The second kappa shape index (κ2) is 5.19. The van der Waals surface area contributed by atoms with Crippen molar-refractivity contribution in [1.82, 2.24) is 14.7 Å². The quantitative estimate of drug-likeness (QED) is 0.923. The summed E-state index contributed by atoms with van der Waals surface area (Å²) in [6.07, 6.45) is 4.73. The predicted molar refractivity (Wildman–Crippen MR) is 80.0 cm³/mol. The van der Waals surface area contributed by atoms with Crippen molar-refractivity contribution in [1.29, 1.82) is 0 Å². The lowest BCUT2D eigenvalue weighted by molar-refractivity contribution is -0.0565. The van der Waals surface area contributed by atoms with Gasteiger partial charge < -0.3 is 10.0 Å². The average Bonchev–Trinajstić information content (AvgIpc) is 2.78. The lowest BCUT2D eigenvalue weighted by atomic mass is 9.75. The zero-order chi connectivity index (χ0) is 14.3. The van der Waals surface area contributed by atoms with Crippen LogP contribution in [0.3, 0.4) is 0 Å². The molecule has 0 bridgehead atoms. The minimum absolute atomic E-state index is 0.106. The highest BCUT2D eigenvalue weighted by atomic mass is 79.9. The van der Waals surface area contributed by atoms with Gasteiger partial charge in [-0.3, -0.25) is 4.68 Å². The predicted octanol–water partition coefficient (Wildman–Crippen LogP) is 2.60. The molecule has 1 saturated carbocycles. The molecule has 5 heteroatoms. The number of rotatable bonds is 4. The number of hydrogen-bond acceptors (Lipinski definition) is 3. The molecule has 1 fully saturated rings. The lowest BCUT2D eigenvalue weighted by Crippen LogP contribution is -2.40. The van der Waals surface area contributed by atoms with E-state index in [1.165, 1.54) is 0 Å². The summed E-state index contributed by atoms with van der Waals surface area (Å²) in [5, 5.41) is 15.6. The standard InChI is InChI=1S/C14H24BrN3O/c1-13(2)6-5-7-14(13,19)12-11(15)10-16-18(12)9-8-17(3)4/h10,19H,5-9H2,1-4H3. The Labute approximate surface area is 123 Å². The van der Waals surface area contributed by atoms with Crippen molar-refractivity contribution in [2.45, 2.75) is 45.3 Å². The van der Waals surface area contributed by atoms with Crippen molar-refractivity contribution >= 4 is 15.9 Å². The molecule has 0 aromatic carbocycles. The van der Waals surface area contributed by atoms with E-state index in [9.17, 15) is 5.11 Å². The number of aromatic nitrogens is 2. The second-order valence-corrected chi connectivity index (χ2v) is 7.32. The summed E-state index contributed by atoms with van der Waals surface area (Å²) in [6.45, 7) is 6.01. The molecule has 2 rings (SSSR count). The lowest BCUT2D eigenvalue weighted by Gasteiger charge is -2.37. The molecule has 0 saturated heterocycles. The fraction of sp³-hybridized carbons (Fsp3) is 0.786. The van der Waals surface area contributed by atoms with Crippen molar-refractivity contribution in [2.24, 2.45) is 5.41 Å². The number of aliphatic hydroxyl groups is 1. The zero-order valence-electron chi connectivity index (χ0n) is 12.3. The van der Waals surface area contributed by atoms with Gasteiger partial charge in [-0.05, 0) is 54.7 Å². The van der Waals surface area contributed by atoms with Gasteiger partial charge in [-0.2, -0.15) is 5.10 Å². The van der Waals surface area contributed by atoms with Gasteiger partial charge in [0, 0.05) is 6.54 Å². The molecule has 0 amide bonds. The maximum absolute atomic E-state index is 11.2. The molecule has 1 unspecified atom stereocenters. The molecule has 108 valence electrons. The largest absolute Gasteiger partial charge is 0.383 e. The highest BCUT2D eigenvalue weighted by Crippen LogP contribution is 2.53. The van der Waals surface area contributed by atoms with Crippen LogP contribution in [0.5, 0.6) is 0 Å². The van der Waals surface area contributed by atoms with E-state index in [0.29, 0.717) is 0 Å². The Morgan fingerprint density at radius 3 is 2.63 bits per heavy atom. The van der Waals surface area contributed by atoms with Crippen LogP contribution in [0.4, 0.5) is 0 Å². The minimum Gasteiger partial charge on any atom is -0.383 e. The van der Waals surface area contributed by atoms with Crippen LogP contribution < -0.4 is 0 Å². The van der Waals surface area contributed by atoms with Gasteiger partial charge in [-0.25, -0.2) is 0 Å². The maximum atomic E-state index is 11.2. The van der Waals surface area contributed by atoms with Crippen molar-refractivity contribution in [3.05, 3.63) is 16.4 Å². The van der Waals surface area contributed by atoms with Gasteiger partial charge in [0.05, 0.1) is 22.9 Å². The van der Waals surface area contributed by atoms with Crippen LogP contribution >= 0.6 is 15.9 Å². The van der Waals surface area contributed by atoms with E-state index in [2.05, 4.69) is 39.8 Å². The first-order valence-electron chi connectivity index (χ1n) is 6.87. The molecular formula is C14H24BrN3O. The van der Waals surface area contributed by atoms with Gasteiger partial charge in [0.15, 0.2) is 0 Å². The van der Waals surface area contributed by atoms with Crippen LogP contribution in [0.15, 0.2) is 10.7 Å². The maximum Gasteiger partial charge on any atom is 0.112 e. The first kappa shape index (κ1) is 15.0. The van der Waals surface area contributed by atoms with Crippen LogP contribution in [-0.2, 0) is 12.1 Å². The van der Waals surface area contributed by atoms with E-state index in [1.54, 1.807) is 6.20 Å². The molecule has 1 N–H and O–H groups in total. The fourth-order valence-electron chi connectivity index (χ4n) is 3.01. The monoisotopic (exact) mass is 329 g/mol. The molecule has 1 aliphatic carbocycles. The molecule has 4 nitrogen and oxygen atoms in total. The van der Waals surface area contributed by atoms with E-state index in [4.69, 9.17) is 0 Å². The number of likely N-dealkylation sites (N-methyl/N-ethyl adjacent to an activating group) is 1. The smallest absolute Gasteiger partial charge is 0.112 e. The summed E-state index contributed by atoms with van der Waals surface area (Å²) < 4.78 is 2.88. The normalized spacial score (nSPS) is 26.3. The van der Waals surface area contributed by atoms with Crippen molar-refractivity contribution in [3.63, 3.8) is 0 Å².